The minimum absolute atomic E-state index is 0.303. The summed E-state index contributed by atoms with van der Waals surface area (Å²) in [6.45, 7) is 2.24. The molecule has 0 rings (SSSR count). The molecule has 0 heterocycles. The molecule has 0 spiro atoms. The fourth-order valence-corrected chi connectivity index (χ4v) is 3.72. The van der Waals surface area contributed by atoms with E-state index >= 15 is 0 Å². The molecule has 0 atom stereocenters. The van der Waals surface area contributed by atoms with E-state index in [2.05, 4.69) is 50.1 Å². The van der Waals surface area contributed by atoms with Crippen LogP contribution in [-0.4, -0.2) is 16.5 Å². The average Bonchev–Trinajstić information content (AvgIpc) is 2.31. The Balaban J connectivity index is 3.12. The molecule has 0 saturated carbocycles. The number of unbranched alkanes of at least 4 members (excludes halogenated alkanes) is 6. The van der Waals surface area contributed by atoms with Gasteiger partial charge in [0.05, 0.1) is 0 Å². The Hall–Kier alpha value is 0.976. The van der Waals surface area contributed by atoms with Gasteiger partial charge in [-0.15, -0.1) is 4.55 Å². The molecule has 0 aromatic carbocycles. The molecule has 90 valence electrons. The third-order valence-corrected chi connectivity index (χ3v) is 5.67. The molecule has 0 aromatic rings. The predicted octanol–water partition coefficient (Wildman–Crippen LogP) is 5.71. The molecule has 0 aromatic heterocycles. The van der Waals surface area contributed by atoms with E-state index in [1.807, 2.05) is 0 Å². The van der Waals surface area contributed by atoms with Crippen LogP contribution in [0.2, 0.25) is 4.55 Å². The maximum atomic E-state index is 2.60. The Morgan fingerprint density at radius 3 is 2.12 bits per heavy atom. The van der Waals surface area contributed by atoms with Gasteiger partial charge in [0.1, 0.15) is 0 Å². The Bertz CT molecular complexity index is 176. The van der Waals surface area contributed by atoms with Crippen LogP contribution in [0.3, 0.4) is 0 Å². The van der Waals surface area contributed by atoms with Gasteiger partial charge in [0.15, 0.2) is 0 Å². The summed E-state index contributed by atoms with van der Waals surface area (Å²) in [4.78, 5) is 0. The summed E-state index contributed by atoms with van der Waals surface area (Å²) >= 11 is 2.90. The van der Waals surface area contributed by atoms with Crippen LogP contribution < -0.4 is 0 Å². The van der Waals surface area contributed by atoms with E-state index in [0.717, 1.165) is 0 Å². The molecular formula is C14H25IMg. The lowest BCUT2D eigenvalue weighted by atomic mass is 10.1. The predicted molar refractivity (Wildman–Crippen MR) is 85.5 cm³/mol. The van der Waals surface area contributed by atoms with Crippen LogP contribution in [0.1, 0.15) is 58.3 Å². The molecule has 0 bridgehead atoms. The molecule has 0 aliphatic rings. The maximum absolute atomic E-state index is 2.60. The first-order chi connectivity index (χ1) is 7.91. The lowest BCUT2D eigenvalue weighted by molar-refractivity contribution is 0.674. The van der Waals surface area contributed by atoms with Crippen LogP contribution in [0.25, 0.3) is 0 Å². The highest BCUT2D eigenvalue weighted by Gasteiger charge is 1.90. The first kappa shape index (κ1) is 17.0. The highest BCUT2D eigenvalue weighted by atomic mass is 127. The van der Waals surface area contributed by atoms with E-state index in [1.54, 1.807) is 0 Å². The van der Waals surface area contributed by atoms with Crippen LogP contribution >= 0.6 is 18.9 Å². The molecule has 0 unspecified atom stereocenters. The highest BCUT2D eigenvalue weighted by molar-refractivity contribution is 14.1. The number of hydrogen-bond donors (Lipinski definition) is 0. The summed E-state index contributed by atoms with van der Waals surface area (Å²) in [7, 11) is 0. The zero-order valence-corrected chi connectivity index (χ0v) is 14.3. The van der Waals surface area contributed by atoms with Crippen LogP contribution in [0.5, 0.6) is 0 Å². The number of hydrogen-bond acceptors (Lipinski definition) is 0. The molecule has 0 fully saturated rings. The topological polar surface area (TPSA) is 0 Å². The second-order valence-corrected chi connectivity index (χ2v) is 8.57. The highest BCUT2D eigenvalue weighted by Crippen LogP contribution is 2.07. The molecule has 0 amide bonds. The second kappa shape index (κ2) is 16.0. The van der Waals surface area contributed by atoms with Gasteiger partial charge in [-0.2, -0.15) is 0 Å². The Labute approximate surface area is 121 Å². The fourth-order valence-electron chi connectivity index (χ4n) is 1.56. The summed E-state index contributed by atoms with van der Waals surface area (Å²) in [6, 6.07) is 0. The van der Waals surface area contributed by atoms with Gasteiger partial charge < -0.3 is 18.9 Å². The van der Waals surface area contributed by atoms with E-state index in [9.17, 15) is 0 Å². The summed E-state index contributed by atoms with van der Waals surface area (Å²) < 4.78 is 1.54. The lowest BCUT2D eigenvalue weighted by Gasteiger charge is -1.96. The SMILES string of the molecule is CCCC/C=C\C=C\CCCCC[CH2][Mg][I]. The van der Waals surface area contributed by atoms with Crippen LogP contribution in [-0.2, 0) is 0 Å². The van der Waals surface area contributed by atoms with Crippen molar-refractivity contribution in [2.75, 3.05) is 0 Å². The standard InChI is InChI=1S/C14H25.HI.Mg/c1-3-5-7-9-11-13-14-12-10-8-6-4-2;;/h10,12-14H,1,3-9,11H2,2H3;1H;/q;;+1/p-1/b12-10-,14-13+;;. The summed E-state index contributed by atoms with van der Waals surface area (Å²) in [5.74, 6) is 0. The van der Waals surface area contributed by atoms with Crippen molar-refractivity contribution in [1.29, 1.82) is 0 Å². The fraction of sp³-hybridized carbons (Fsp3) is 0.714. The molecule has 16 heavy (non-hydrogen) atoms. The van der Waals surface area contributed by atoms with E-state index in [-0.39, 0.29) is 0 Å². The van der Waals surface area contributed by atoms with Crippen LogP contribution in [0.4, 0.5) is 0 Å². The maximum Gasteiger partial charge on any atom is 0.463 e. The summed E-state index contributed by atoms with van der Waals surface area (Å²) in [5.41, 5.74) is 0. The van der Waals surface area contributed by atoms with Crippen LogP contribution in [0, 0.1) is 0 Å². The molecule has 0 radical (unpaired) electrons. The van der Waals surface area contributed by atoms with E-state index in [1.165, 1.54) is 55.9 Å². The summed E-state index contributed by atoms with van der Waals surface area (Å²) in [6.07, 6.45) is 19.9. The van der Waals surface area contributed by atoms with Gasteiger partial charge in [0.2, 0.25) is 0 Å². The third-order valence-electron chi connectivity index (χ3n) is 2.61. The Kier molecular flexibility index (Phi) is 17.0. The lowest BCUT2D eigenvalue weighted by Crippen LogP contribution is -1.79. The van der Waals surface area contributed by atoms with Crippen LogP contribution in [0.15, 0.2) is 24.3 Å². The minimum atomic E-state index is 0.303. The normalized spacial score (nSPS) is 11.4. The van der Waals surface area contributed by atoms with Crippen molar-refractivity contribution in [2.24, 2.45) is 0 Å². The van der Waals surface area contributed by atoms with E-state index < -0.39 is 0 Å². The van der Waals surface area contributed by atoms with Crippen molar-refractivity contribution in [3.05, 3.63) is 24.3 Å². The monoisotopic (exact) mass is 344 g/mol. The van der Waals surface area contributed by atoms with Gasteiger partial charge in [-0.1, -0.05) is 63.3 Å². The zero-order valence-electron chi connectivity index (χ0n) is 10.8. The smallest absolute Gasteiger partial charge is 0.301 e. The first-order valence-electron chi connectivity index (χ1n) is 6.79. The molecule has 0 nitrogen and oxygen atoms in total. The third kappa shape index (κ3) is 15.0. The summed E-state index contributed by atoms with van der Waals surface area (Å²) in [5, 5.41) is 0. The number of halogens is 1. The molecular weight excluding hydrogens is 319 g/mol. The van der Waals surface area contributed by atoms with Gasteiger partial charge in [-0.3, -0.25) is 0 Å². The van der Waals surface area contributed by atoms with E-state index in [0.29, 0.717) is 16.5 Å². The van der Waals surface area contributed by atoms with Crippen molar-refractivity contribution in [3.63, 3.8) is 0 Å². The Morgan fingerprint density at radius 2 is 1.50 bits per heavy atom. The number of allylic oxidation sites excluding steroid dienone is 4. The molecule has 0 aliphatic carbocycles. The zero-order chi connectivity index (χ0) is 11.9. The van der Waals surface area contributed by atoms with Crippen molar-refractivity contribution in [1.82, 2.24) is 0 Å². The van der Waals surface area contributed by atoms with Gasteiger partial charge in [-0.25, -0.2) is 0 Å². The molecule has 0 N–H and O–H groups in total. The largest absolute Gasteiger partial charge is 0.463 e. The van der Waals surface area contributed by atoms with Crippen molar-refractivity contribution < 1.29 is 0 Å². The van der Waals surface area contributed by atoms with Gasteiger partial charge >= 0.3 is 16.5 Å². The Morgan fingerprint density at radius 1 is 0.875 bits per heavy atom. The quantitative estimate of drug-likeness (QED) is 0.195. The molecule has 0 saturated heterocycles. The molecule has 2 heteroatoms. The second-order valence-electron chi connectivity index (χ2n) is 4.24. The van der Waals surface area contributed by atoms with Crippen molar-refractivity contribution in [3.8, 4) is 0 Å². The molecule has 0 aliphatic heterocycles. The minimum Gasteiger partial charge on any atom is -0.301 e. The number of rotatable bonds is 11. The van der Waals surface area contributed by atoms with Crippen molar-refractivity contribution in [2.45, 2.75) is 62.8 Å². The van der Waals surface area contributed by atoms with Gasteiger partial charge in [-0.05, 0) is 19.3 Å². The first-order valence-corrected chi connectivity index (χ1v) is 12.9. The van der Waals surface area contributed by atoms with Gasteiger partial charge in [0.25, 0.3) is 0 Å². The van der Waals surface area contributed by atoms with Gasteiger partial charge in [0, 0.05) is 0 Å². The average molecular weight is 345 g/mol. The van der Waals surface area contributed by atoms with Crippen molar-refractivity contribution >= 4 is 35.3 Å². The van der Waals surface area contributed by atoms with E-state index in [4.69, 9.17) is 0 Å².